The number of carbonyl (C=O) groups excluding carboxylic acids is 1. The van der Waals surface area contributed by atoms with Gasteiger partial charge in [-0.1, -0.05) is 5.16 Å². The molecule has 1 N–H and O–H groups in total. The van der Waals surface area contributed by atoms with E-state index in [0.29, 0.717) is 17.5 Å². The predicted molar refractivity (Wildman–Crippen MR) is 54.6 cm³/mol. The van der Waals surface area contributed by atoms with Crippen molar-refractivity contribution >= 4 is 5.91 Å². The molecule has 1 aromatic rings. The maximum atomic E-state index is 11.9. The summed E-state index contributed by atoms with van der Waals surface area (Å²) in [6, 6.07) is 2.08. The topological polar surface area (TPSA) is 58.4 Å². The third-order valence-electron chi connectivity index (χ3n) is 2.73. The average Bonchev–Trinajstić information content (AvgIpc) is 2.84. The van der Waals surface area contributed by atoms with Gasteiger partial charge in [0.05, 0.1) is 0 Å². The Morgan fingerprint density at radius 3 is 3.07 bits per heavy atom. The number of nitrogens with zero attached hydrogens (tertiary/aromatic N) is 2. The number of amides is 1. The number of hydrogen-bond acceptors (Lipinski definition) is 4. The molecular formula is C10H15N3O2. The second kappa shape index (κ2) is 4.02. The molecule has 0 radical (unpaired) electrons. The molecule has 5 heteroatoms. The van der Waals surface area contributed by atoms with E-state index < -0.39 is 0 Å². The van der Waals surface area contributed by atoms with E-state index in [1.165, 1.54) is 0 Å². The van der Waals surface area contributed by atoms with Crippen LogP contribution in [-0.2, 0) is 0 Å². The van der Waals surface area contributed by atoms with Gasteiger partial charge in [-0.05, 0) is 20.4 Å². The van der Waals surface area contributed by atoms with Crippen LogP contribution in [0.15, 0.2) is 10.6 Å². The summed E-state index contributed by atoms with van der Waals surface area (Å²) in [6.07, 6.45) is 0.999. The van der Waals surface area contributed by atoms with Crippen molar-refractivity contribution < 1.29 is 9.32 Å². The fraction of sp³-hybridized carbons (Fsp3) is 0.600. The Labute approximate surface area is 88.4 Å². The van der Waals surface area contributed by atoms with Gasteiger partial charge in [-0.2, -0.15) is 0 Å². The van der Waals surface area contributed by atoms with Crippen LogP contribution in [0.1, 0.15) is 22.7 Å². The lowest BCUT2D eigenvalue weighted by Gasteiger charge is -2.14. The zero-order valence-electron chi connectivity index (χ0n) is 8.99. The summed E-state index contributed by atoms with van der Waals surface area (Å²) in [5, 5.41) is 6.89. The maximum absolute atomic E-state index is 11.9. The van der Waals surface area contributed by atoms with Crippen LogP contribution >= 0.6 is 0 Å². The molecular weight excluding hydrogens is 194 g/mol. The first-order valence-electron chi connectivity index (χ1n) is 5.10. The van der Waals surface area contributed by atoms with E-state index in [-0.39, 0.29) is 5.91 Å². The molecule has 0 bridgehead atoms. The van der Waals surface area contributed by atoms with Crippen LogP contribution in [0.25, 0.3) is 0 Å². The number of nitrogens with one attached hydrogen (secondary N) is 1. The summed E-state index contributed by atoms with van der Waals surface area (Å²) in [5.41, 5.74) is 0.407. The number of likely N-dealkylation sites (tertiary alicyclic amines) is 1. The molecule has 15 heavy (non-hydrogen) atoms. The molecule has 5 nitrogen and oxygen atoms in total. The van der Waals surface area contributed by atoms with Gasteiger partial charge in [0, 0.05) is 25.2 Å². The predicted octanol–water partition coefficient (Wildman–Crippen LogP) is 0.417. The molecule has 0 saturated carbocycles. The van der Waals surface area contributed by atoms with Gasteiger partial charge in [0.1, 0.15) is 5.76 Å². The van der Waals surface area contributed by atoms with Crippen molar-refractivity contribution in [2.45, 2.75) is 19.4 Å². The first-order valence-corrected chi connectivity index (χ1v) is 5.10. The minimum atomic E-state index is -0.0374. The second-order valence-electron chi connectivity index (χ2n) is 3.85. The summed E-state index contributed by atoms with van der Waals surface area (Å²) in [6.45, 7) is 3.32. The Morgan fingerprint density at radius 2 is 2.53 bits per heavy atom. The van der Waals surface area contributed by atoms with Gasteiger partial charge in [0.15, 0.2) is 5.69 Å². The van der Waals surface area contributed by atoms with Crippen LogP contribution in [0.4, 0.5) is 0 Å². The third-order valence-corrected chi connectivity index (χ3v) is 2.73. The number of aryl methyl sites for hydroxylation is 1. The highest BCUT2D eigenvalue weighted by molar-refractivity contribution is 5.92. The standard InChI is InChI=1S/C10H15N3O2/c1-7-5-9(12-15-7)10(14)13-4-3-8(6-13)11-2/h5,8,11H,3-4,6H2,1-2H3. The zero-order valence-corrected chi connectivity index (χ0v) is 8.99. The van der Waals surface area contributed by atoms with Crippen LogP contribution < -0.4 is 5.32 Å². The highest BCUT2D eigenvalue weighted by Gasteiger charge is 2.27. The van der Waals surface area contributed by atoms with Crippen LogP contribution in [0, 0.1) is 6.92 Å². The number of aromatic nitrogens is 1. The molecule has 1 aliphatic rings. The first-order chi connectivity index (χ1) is 7.20. The molecule has 1 atom stereocenters. The molecule has 1 saturated heterocycles. The van der Waals surface area contributed by atoms with E-state index in [2.05, 4.69) is 10.5 Å². The lowest BCUT2D eigenvalue weighted by molar-refractivity contribution is 0.0779. The number of likely N-dealkylation sites (N-methyl/N-ethyl adjacent to an activating group) is 1. The molecule has 0 aliphatic carbocycles. The smallest absolute Gasteiger partial charge is 0.276 e. The van der Waals surface area contributed by atoms with Crippen molar-refractivity contribution in [2.24, 2.45) is 0 Å². The Balaban J connectivity index is 2.03. The largest absolute Gasteiger partial charge is 0.361 e. The van der Waals surface area contributed by atoms with Crippen molar-refractivity contribution in [3.8, 4) is 0 Å². The minimum Gasteiger partial charge on any atom is -0.361 e. The van der Waals surface area contributed by atoms with Gasteiger partial charge in [0.25, 0.3) is 5.91 Å². The van der Waals surface area contributed by atoms with E-state index in [1.807, 2.05) is 7.05 Å². The quantitative estimate of drug-likeness (QED) is 0.766. The van der Waals surface area contributed by atoms with Crippen molar-refractivity contribution in [2.75, 3.05) is 20.1 Å². The van der Waals surface area contributed by atoms with Gasteiger partial charge in [-0.25, -0.2) is 0 Å². The fourth-order valence-corrected chi connectivity index (χ4v) is 1.81. The fourth-order valence-electron chi connectivity index (χ4n) is 1.81. The van der Waals surface area contributed by atoms with Crippen molar-refractivity contribution in [1.82, 2.24) is 15.4 Å². The second-order valence-corrected chi connectivity index (χ2v) is 3.85. The highest BCUT2D eigenvalue weighted by atomic mass is 16.5. The van der Waals surface area contributed by atoms with E-state index in [1.54, 1.807) is 17.9 Å². The molecule has 1 aliphatic heterocycles. The summed E-state index contributed by atoms with van der Waals surface area (Å²) >= 11 is 0. The summed E-state index contributed by atoms with van der Waals surface area (Å²) in [5.74, 6) is 0.632. The molecule has 0 spiro atoms. The molecule has 2 rings (SSSR count). The maximum Gasteiger partial charge on any atom is 0.276 e. The van der Waals surface area contributed by atoms with Crippen molar-refractivity contribution in [1.29, 1.82) is 0 Å². The van der Waals surface area contributed by atoms with Gasteiger partial charge in [-0.3, -0.25) is 4.79 Å². The van der Waals surface area contributed by atoms with Crippen LogP contribution in [-0.4, -0.2) is 42.1 Å². The first kappa shape index (κ1) is 10.2. The minimum absolute atomic E-state index is 0.0374. The Hall–Kier alpha value is -1.36. The summed E-state index contributed by atoms with van der Waals surface area (Å²) in [7, 11) is 1.92. The molecule has 1 aromatic heterocycles. The highest BCUT2D eigenvalue weighted by Crippen LogP contribution is 2.13. The van der Waals surface area contributed by atoms with Crippen LogP contribution in [0.3, 0.4) is 0 Å². The third kappa shape index (κ3) is 2.02. The van der Waals surface area contributed by atoms with Crippen LogP contribution in [0.2, 0.25) is 0 Å². The van der Waals surface area contributed by atoms with E-state index in [0.717, 1.165) is 19.5 Å². The molecule has 1 unspecified atom stereocenters. The van der Waals surface area contributed by atoms with E-state index in [4.69, 9.17) is 4.52 Å². The molecule has 2 heterocycles. The van der Waals surface area contributed by atoms with Crippen LogP contribution in [0.5, 0.6) is 0 Å². The van der Waals surface area contributed by atoms with E-state index in [9.17, 15) is 4.79 Å². The van der Waals surface area contributed by atoms with Crippen molar-refractivity contribution in [3.63, 3.8) is 0 Å². The van der Waals surface area contributed by atoms with Gasteiger partial charge < -0.3 is 14.7 Å². The number of rotatable bonds is 2. The Kier molecular flexibility index (Phi) is 2.73. The zero-order chi connectivity index (χ0) is 10.8. The SMILES string of the molecule is CNC1CCN(C(=O)c2cc(C)on2)C1. The molecule has 0 aromatic carbocycles. The number of carbonyl (C=O) groups is 1. The summed E-state index contributed by atoms with van der Waals surface area (Å²) < 4.78 is 4.89. The number of hydrogen-bond donors (Lipinski definition) is 1. The average molecular weight is 209 g/mol. The monoisotopic (exact) mass is 209 g/mol. The molecule has 1 amide bonds. The lowest BCUT2D eigenvalue weighted by atomic mass is 10.3. The lowest BCUT2D eigenvalue weighted by Crippen LogP contribution is -2.33. The molecule has 82 valence electrons. The normalized spacial score (nSPS) is 20.9. The molecule has 1 fully saturated rings. The van der Waals surface area contributed by atoms with Gasteiger partial charge in [0.2, 0.25) is 0 Å². The summed E-state index contributed by atoms with van der Waals surface area (Å²) in [4.78, 5) is 13.7. The van der Waals surface area contributed by atoms with E-state index >= 15 is 0 Å². The Bertz CT molecular complexity index is 361. The Morgan fingerprint density at radius 1 is 1.73 bits per heavy atom. The van der Waals surface area contributed by atoms with Gasteiger partial charge in [-0.15, -0.1) is 0 Å². The van der Waals surface area contributed by atoms with Gasteiger partial charge >= 0.3 is 0 Å². The van der Waals surface area contributed by atoms with Crippen molar-refractivity contribution in [3.05, 3.63) is 17.5 Å².